The largest absolute Gasteiger partial charge is 0.462 e. The number of carbonyl (C=O) groups excluding carboxylic acids is 1. The van der Waals surface area contributed by atoms with Crippen molar-refractivity contribution in [1.82, 2.24) is 0 Å². The molecular formula is C23H44O2. The maximum Gasteiger partial charge on any atom is 0.312 e. The molecule has 0 aliphatic heterocycles. The van der Waals surface area contributed by atoms with E-state index < -0.39 is 5.41 Å². The van der Waals surface area contributed by atoms with Crippen molar-refractivity contribution in [1.29, 1.82) is 0 Å². The molecule has 0 aromatic heterocycles. The number of hydrogen-bond acceptors (Lipinski definition) is 2. The van der Waals surface area contributed by atoms with Crippen LogP contribution in [0.1, 0.15) is 108 Å². The van der Waals surface area contributed by atoms with Gasteiger partial charge in [0.25, 0.3) is 0 Å². The molecule has 0 aromatic carbocycles. The lowest BCUT2D eigenvalue weighted by Crippen LogP contribution is -2.47. The van der Waals surface area contributed by atoms with Gasteiger partial charge in [-0.25, -0.2) is 0 Å². The van der Waals surface area contributed by atoms with Gasteiger partial charge in [0, 0.05) is 0 Å². The number of ether oxygens (including phenoxy) is 1. The molecule has 0 spiro atoms. The van der Waals surface area contributed by atoms with E-state index in [1.54, 1.807) is 0 Å². The Kier molecular flexibility index (Phi) is 6.85. The molecule has 0 radical (unpaired) electrons. The average Bonchev–Trinajstić information content (AvgIpc) is 2.44. The summed E-state index contributed by atoms with van der Waals surface area (Å²) in [6.07, 6.45) is 6.33. The van der Waals surface area contributed by atoms with E-state index in [2.05, 4.69) is 69.2 Å². The molecule has 0 N–H and O–H groups in total. The highest BCUT2D eigenvalue weighted by atomic mass is 16.5. The van der Waals surface area contributed by atoms with Gasteiger partial charge in [-0.05, 0) is 67.6 Å². The molecule has 2 nitrogen and oxygen atoms in total. The van der Waals surface area contributed by atoms with Crippen LogP contribution in [0.5, 0.6) is 0 Å². The predicted molar refractivity (Wildman–Crippen MR) is 108 cm³/mol. The number of rotatable bonds is 5. The minimum Gasteiger partial charge on any atom is -0.462 e. The lowest BCUT2D eigenvalue weighted by Gasteiger charge is -2.46. The standard InChI is InChI=1S/C23H44O2/c1-11-22(8,9)23(10,16-20(2,3)4)19(24)25-18-14-12-17(13-15-18)21(5,6)7/h17-18H,11-16H2,1-10H3. The number of esters is 1. The van der Waals surface area contributed by atoms with Crippen LogP contribution < -0.4 is 0 Å². The molecule has 2 heteroatoms. The van der Waals surface area contributed by atoms with E-state index in [9.17, 15) is 4.79 Å². The second kappa shape index (κ2) is 7.61. The Balaban J connectivity index is 2.84. The minimum atomic E-state index is -0.444. The summed E-state index contributed by atoms with van der Waals surface area (Å²) in [6.45, 7) is 22.4. The lowest BCUT2D eigenvalue weighted by molar-refractivity contribution is -0.174. The van der Waals surface area contributed by atoms with Crippen molar-refractivity contribution < 1.29 is 9.53 Å². The van der Waals surface area contributed by atoms with Crippen LogP contribution in [-0.4, -0.2) is 12.1 Å². The molecular weight excluding hydrogens is 308 g/mol. The molecule has 0 bridgehead atoms. The molecule has 148 valence electrons. The van der Waals surface area contributed by atoms with Crippen LogP contribution in [0, 0.1) is 27.6 Å². The minimum absolute atomic E-state index is 0.0217. The van der Waals surface area contributed by atoms with Gasteiger partial charge in [-0.1, -0.05) is 62.3 Å². The summed E-state index contributed by atoms with van der Waals surface area (Å²) in [5, 5.41) is 0. The first-order valence-corrected chi connectivity index (χ1v) is 10.3. The third-order valence-corrected chi connectivity index (χ3v) is 6.88. The van der Waals surface area contributed by atoms with E-state index in [-0.39, 0.29) is 22.9 Å². The summed E-state index contributed by atoms with van der Waals surface area (Å²) < 4.78 is 6.11. The van der Waals surface area contributed by atoms with E-state index in [0.717, 1.165) is 31.6 Å². The fourth-order valence-electron chi connectivity index (χ4n) is 4.37. The summed E-state index contributed by atoms with van der Waals surface area (Å²) >= 11 is 0. The second-order valence-corrected chi connectivity index (χ2v) is 11.6. The molecule has 0 amide bonds. The molecule has 1 saturated carbocycles. The summed E-state index contributed by atoms with van der Waals surface area (Å²) in [5.41, 5.74) is -0.0507. The Labute approximate surface area is 157 Å². The van der Waals surface area contributed by atoms with Gasteiger partial charge in [0.05, 0.1) is 5.41 Å². The third kappa shape index (κ3) is 5.73. The second-order valence-electron chi connectivity index (χ2n) is 11.6. The molecule has 1 aliphatic carbocycles. The van der Waals surface area contributed by atoms with Crippen LogP contribution in [0.4, 0.5) is 0 Å². The van der Waals surface area contributed by atoms with E-state index in [4.69, 9.17) is 4.74 Å². The smallest absolute Gasteiger partial charge is 0.312 e. The summed E-state index contributed by atoms with van der Waals surface area (Å²) in [7, 11) is 0. The molecule has 25 heavy (non-hydrogen) atoms. The van der Waals surface area contributed by atoms with Gasteiger partial charge in [-0.3, -0.25) is 4.79 Å². The van der Waals surface area contributed by atoms with Crippen molar-refractivity contribution in [3.63, 3.8) is 0 Å². The third-order valence-electron chi connectivity index (χ3n) is 6.88. The first-order valence-electron chi connectivity index (χ1n) is 10.3. The zero-order chi connectivity index (χ0) is 19.7. The first-order chi connectivity index (χ1) is 11.1. The fourth-order valence-corrected chi connectivity index (χ4v) is 4.37. The maximum absolute atomic E-state index is 13.3. The van der Waals surface area contributed by atoms with Gasteiger partial charge >= 0.3 is 5.97 Å². The van der Waals surface area contributed by atoms with E-state index in [1.165, 1.54) is 12.8 Å². The van der Waals surface area contributed by atoms with Crippen LogP contribution in [0.15, 0.2) is 0 Å². The summed E-state index contributed by atoms with van der Waals surface area (Å²) in [6, 6.07) is 0. The Morgan fingerprint density at radius 1 is 0.880 bits per heavy atom. The average molecular weight is 353 g/mol. The first kappa shape index (κ1) is 22.5. The van der Waals surface area contributed by atoms with Gasteiger partial charge in [0.2, 0.25) is 0 Å². The molecule has 1 rings (SSSR count). The highest BCUT2D eigenvalue weighted by Gasteiger charge is 2.50. The van der Waals surface area contributed by atoms with E-state index in [1.807, 2.05) is 0 Å². The SMILES string of the molecule is CCC(C)(C)C(C)(CC(C)(C)C)C(=O)OC1CCC(C(C)(C)C)CC1. The Hall–Kier alpha value is -0.530. The van der Waals surface area contributed by atoms with Crippen LogP contribution in [0.2, 0.25) is 0 Å². The van der Waals surface area contributed by atoms with Crippen molar-refractivity contribution in [2.24, 2.45) is 27.6 Å². The van der Waals surface area contributed by atoms with Gasteiger partial charge in [0.15, 0.2) is 0 Å². The van der Waals surface area contributed by atoms with Crippen LogP contribution in [-0.2, 0) is 9.53 Å². The van der Waals surface area contributed by atoms with Crippen molar-refractivity contribution in [2.75, 3.05) is 0 Å². The quantitative estimate of drug-likeness (QED) is 0.497. The monoisotopic (exact) mass is 352 g/mol. The summed E-state index contributed by atoms with van der Waals surface area (Å²) in [5.74, 6) is 0.768. The molecule has 1 unspecified atom stereocenters. The highest BCUT2D eigenvalue weighted by molar-refractivity contribution is 5.77. The van der Waals surface area contributed by atoms with Crippen molar-refractivity contribution in [3.8, 4) is 0 Å². The van der Waals surface area contributed by atoms with Crippen molar-refractivity contribution in [2.45, 2.75) is 114 Å². The van der Waals surface area contributed by atoms with E-state index in [0.29, 0.717) is 5.41 Å². The van der Waals surface area contributed by atoms with Gasteiger partial charge in [-0.2, -0.15) is 0 Å². The maximum atomic E-state index is 13.3. The molecule has 0 saturated heterocycles. The highest BCUT2D eigenvalue weighted by Crippen LogP contribution is 2.50. The van der Waals surface area contributed by atoms with Gasteiger partial charge < -0.3 is 4.74 Å². The van der Waals surface area contributed by atoms with Gasteiger partial charge in [-0.15, -0.1) is 0 Å². The topological polar surface area (TPSA) is 26.3 Å². The number of hydrogen-bond donors (Lipinski definition) is 0. The van der Waals surface area contributed by atoms with E-state index >= 15 is 0 Å². The number of carbonyl (C=O) groups is 1. The fraction of sp³-hybridized carbons (Fsp3) is 0.957. The Bertz CT molecular complexity index is 442. The normalized spacial score (nSPS) is 25.4. The van der Waals surface area contributed by atoms with Gasteiger partial charge in [0.1, 0.15) is 6.10 Å². The molecule has 1 atom stereocenters. The molecule has 1 fully saturated rings. The molecule has 1 aliphatic rings. The Morgan fingerprint density at radius 2 is 1.36 bits per heavy atom. The zero-order valence-corrected chi connectivity index (χ0v) is 18.7. The summed E-state index contributed by atoms with van der Waals surface area (Å²) in [4.78, 5) is 13.3. The van der Waals surface area contributed by atoms with Crippen LogP contribution >= 0.6 is 0 Å². The Morgan fingerprint density at radius 3 is 1.72 bits per heavy atom. The lowest BCUT2D eigenvalue weighted by atomic mass is 9.59. The van der Waals surface area contributed by atoms with Crippen molar-refractivity contribution >= 4 is 5.97 Å². The molecule has 0 heterocycles. The predicted octanol–water partition coefficient (Wildman–Crippen LogP) is 7.01. The van der Waals surface area contributed by atoms with Crippen molar-refractivity contribution in [3.05, 3.63) is 0 Å². The zero-order valence-electron chi connectivity index (χ0n) is 18.7. The van der Waals surface area contributed by atoms with Crippen LogP contribution in [0.3, 0.4) is 0 Å². The molecule has 0 aromatic rings. The van der Waals surface area contributed by atoms with Crippen LogP contribution in [0.25, 0.3) is 0 Å².